The van der Waals surface area contributed by atoms with E-state index >= 15 is 0 Å². The monoisotopic (exact) mass is 244 g/mol. The van der Waals surface area contributed by atoms with Crippen molar-refractivity contribution in [1.29, 1.82) is 0 Å². The van der Waals surface area contributed by atoms with Gasteiger partial charge in [0.05, 0.1) is 0 Å². The minimum atomic E-state index is 0.915. The van der Waals surface area contributed by atoms with Gasteiger partial charge in [0.15, 0.2) is 0 Å². The lowest BCUT2D eigenvalue weighted by molar-refractivity contribution is 0.956. The summed E-state index contributed by atoms with van der Waals surface area (Å²) in [5.41, 5.74) is 5.42. The van der Waals surface area contributed by atoms with Gasteiger partial charge in [-0.25, -0.2) is 0 Å². The van der Waals surface area contributed by atoms with Crippen LogP contribution in [-0.4, -0.2) is 13.6 Å². The minimum Gasteiger partial charge on any atom is -0.381 e. The van der Waals surface area contributed by atoms with Crippen molar-refractivity contribution >= 4 is 22.7 Å². The van der Waals surface area contributed by atoms with Gasteiger partial charge in [-0.05, 0) is 52.6 Å². The Bertz CT molecular complexity index is 505. The van der Waals surface area contributed by atoms with Crippen LogP contribution in [0.4, 0.5) is 11.4 Å². The molecule has 0 aliphatic carbocycles. The molecule has 1 N–H and O–H groups in total. The second-order valence-corrected chi connectivity index (χ2v) is 5.28. The van der Waals surface area contributed by atoms with Crippen LogP contribution in [0.25, 0.3) is 0 Å². The molecule has 0 saturated carbocycles. The van der Waals surface area contributed by atoms with Crippen molar-refractivity contribution in [1.82, 2.24) is 0 Å². The van der Waals surface area contributed by atoms with E-state index in [-0.39, 0.29) is 0 Å². The summed E-state index contributed by atoms with van der Waals surface area (Å²) in [7, 11) is 2.16. The fraction of sp³-hybridized carbons (Fsp3) is 0.286. The molecule has 0 radical (unpaired) electrons. The van der Waals surface area contributed by atoms with Gasteiger partial charge in [0.25, 0.3) is 0 Å². The lowest BCUT2D eigenvalue weighted by Gasteiger charge is -2.12. The van der Waals surface area contributed by atoms with Gasteiger partial charge >= 0.3 is 0 Å². The highest BCUT2D eigenvalue weighted by atomic mass is 32.1. The molecule has 2 nitrogen and oxygen atoms in total. The molecule has 0 spiro atoms. The normalized spacial score (nSPS) is 13.8. The summed E-state index contributed by atoms with van der Waals surface area (Å²) in [5.74, 6) is 0. The van der Waals surface area contributed by atoms with E-state index < -0.39 is 0 Å². The van der Waals surface area contributed by atoms with Gasteiger partial charge in [-0.3, -0.25) is 0 Å². The summed E-state index contributed by atoms with van der Waals surface area (Å²) in [5, 5.41) is 7.79. The summed E-state index contributed by atoms with van der Waals surface area (Å²) >= 11 is 1.75. The molecule has 88 valence electrons. The first-order chi connectivity index (χ1) is 8.33. The fourth-order valence-electron chi connectivity index (χ4n) is 2.27. The zero-order valence-electron chi connectivity index (χ0n) is 9.94. The van der Waals surface area contributed by atoms with Gasteiger partial charge in [0.1, 0.15) is 0 Å². The van der Waals surface area contributed by atoms with Gasteiger partial charge in [-0.1, -0.05) is 0 Å². The number of thiophene rings is 1. The Balaban J connectivity index is 1.72. The van der Waals surface area contributed by atoms with E-state index in [1.165, 1.54) is 28.9 Å². The summed E-state index contributed by atoms with van der Waals surface area (Å²) in [6, 6.07) is 8.84. The van der Waals surface area contributed by atoms with E-state index in [0.29, 0.717) is 0 Å². The van der Waals surface area contributed by atoms with Crippen LogP contribution in [0.15, 0.2) is 35.0 Å². The van der Waals surface area contributed by atoms with Crippen LogP contribution in [0.2, 0.25) is 0 Å². The molecule has 3 heteroatoms. The number of benzene rings is 1. The quantitative estimate of drug-likeness (QED) is 0.890. The first-order valence-electron chi connectivity index (χ1n) is 5.92. The average molecular weight is 244 g/mol. The maximum atomic E-state index is 3.48. The Hall–Kier alpha value is -1.48. The molecule has 17 heavy (non-hydrogen) atoms. The van der Waals surface area contributed by atoms with Crippen molar-refractivity contribution in [2.24, 2.45) is 0 Å². The Morgan fingerprint density at radius 1 is 1.35 bits per heavy atom. The fourth-order valence-corrected chi connectivity index (χ4v) is 2.94. The molecule has 1 aromatic carbocycles. The zero-order chi connectivity index (χ0) is 11.7. The number of rotatable bonds is 3. The van der Waals surface area contributed by atoms with Crippen LogP contribution in [-0.2, 0) is 13.0 Å². The first kappa shape index (κ1) is 10.7. The van der Waals surface area contributed by atoms with Crippen LogP contribution in [0.3, 0.4) is 0 Å². The molecule has 0 unspecified atom stereocenters. The van der Waals surface area contributed by atoms with E-state index in [9.17, 15) is 0 Å². The van der Waals surface area contributed by atoms with Crippen LogP contribution in [0, 0.1) is 0 Å². The molecule has 1 aromatic heterocycles. The maximum Gasteiger partial charge on any atom is 0.0409 e. The molecule has 0 fully saturated rings. The molecule has 2 heterocycles. The van der Waals surface area contributed by atoms with Crippen molar-refractivity contribution in [2.75, 3.05) is 23.8 Å². The maximum absolute atomic E-state index is 3.48. The Kier molecular flexibility index (Phi) is 2.77. The summed E-state index contributed by atoms with van der Waals surface area (Å²) in [4.78, 5) is 2.32. The molecule has 0 saturated heterocycles. The molecule has 0 amide bonds. The lowest BCUT2D eigenvalue weighted by Crippen LogP contribution is -2.12. The van der Waals surface area contributed by atoms with Gasteiger partial charge in [0, 0.05) is 31.5 Å². The van der Waals surface area contributed by atoms with Crippen molar-refractivity contribution < 1.29 is 0 Å². The highest BCUT2D eigenvalue weighted by Gasteiger charge is 2.15. The summed E-state index contributed by atoms with van der Waals surface area (Å²) in [6.45, 7) is 2.06. The number of fused-ring (bicyclic) bond motifs is 1. The molecule has 1 aliphatic rings. The third-order valence-electron chi connectivity index (χ3n) is 3.28. The largest absolute Gasteiger partial charge is 0.381 e. The van der Waals surface area contributed by atoms with E-state index in [1.807, 2.05) is 0 Å². The van der Waals surface area contributed by atoms with E-state index in [1.54, 1.807) is 11.3 Å². The standard InChI is InChI=1S/C14H16N2S/c1-16-6-4-12-8-13(2-3-14(12)16)15-9-11-5-7-17-10-11/h2-3,5,7-8,10,15H,4,6,9H2,1H3. The average Bonchev–Trinajstić information content (AvgIpc) is 2.97. The van der Waals surface area contributed by atoms with Gasteiger partial charge in [-0.15, -0.1) is 0 Å². The van der Waals surface area contributed by atoms with Crippen molar-refractivity contribution in [3.8, 4) is 0 Å². The summed E-state index contributed by atoms with van der Waals surface area (Å²) in [6.07, 6.45) is 1.17. The predicted octanol–water partition coefficient (Wildman–Crippen LogP) is 3.35. The van der Waals surface area contributed by atoms with Crippen LogP contribution >= 0.6 is 11.3 Å². The smallest absolute Gasteiger partial charge is 0.0409 e. The highest BCUT2D eigenvalue weighted by molar-refractivity contribution is 7.07. The van der Waals surface area contributed by atoms with Crippen LogP contribution in [0.5, 0.6) is 0 Å². The number of nitrogens with zero attached hydrogens (tertiary/aromatic N) is 1. The number of nitrogens with one attached hydrogen (secondary N) is 1. The number of likely N-dealkylation sites (N-methyl/N-ethyl adjacent to an activating group) is 1. The zero-order valence-corrected chi connectivity index (χ0v) is 10.8. The molecule has 1 aliphatic heterocycles. The van der Waals surface area contributed by atoms with Crippen molar-refractivity contribution in [3.05, 3.63) is 46.2 Å². The molecular weight excluding hydrogens is 228 g/mol. The lowest BCUT2D eigenvalue weighted by atomic mass is 10.1. The second kappa shape index (κ2) is 4.41. The van der Waals surface area contributed by atoms with E-state index in [0.717, 1.165) is 13.1 Å². The SMILES string of the molecule is CN1CCc2cc(NCc3ccsc3)ccc21. The molecule has 2 aromatic rings. The van der Waals surface area contributed by atoms with Gasteiger partial charge < -0.3 is 10.2 Å². The molecule has 3 rings (SSSR count). The summed E-state index contributed by atoms with van der Waals surface area (Å²) < 4.78 is 0. The van der Waals surface area contributed by atoms with Crippen molar-refractivity contribution in [2.45, 2.75) is 13.0 Å². The molecular formula is C14H16N2S. The van der Waals surface area contributed by atoms with Gasteiger partial charge in [-0.2, -0.15) is 11.3 Å². The topological polar surface area (TPSA) is 15.3 Å². The Morgan fingerprint density at radius 2 is 2.29 bits per heavy atom. The number of hydrogen-bond donors (Lipinski definition) is 1. The first-order valence-corrected chi connectivity index (χ1v) is 6.86. The highest BCUT2D eigenvalue weighted by Crippen LogP contribution is 2.29. The second-order valence-electron chi connectivity index (χ2n) is 4.50. The third kappa shape index (κ3) is 2.15. The Labute approximate surface area is 106 Å². The Morgan fingerprint density at radius 3 is 3.12 bits per heavy atom. The number of hydrogen-bond acceptors (Lipinski definition) is 3. The molecule has 0 bridgehead atoms. The van der Waals surface area contributed by atoms with E-state index in [2.05, 4.69) is 52.3 Å². The molecule has 0 atom stereocenters. The van der Waals surface area contributed by atoms with E-state index in [4.69, 9.17) is 0 Å². The van der Waals surface area contributed by atoms with Crippen molar-refractivity contribution in [3.63, 3.8) is 0 Å². The number of anilines is 2. The predicted molar refractivity (Wildman–Crippen MR) is 75.1 cm³/mol. The third-order valence-corrected chi connectivity index (χ3v) is 4.02. The van der Waals surface area contributed by atoms with Gasteiger partial charge in [0.2, 0.25) is 0 Å². The van der Waals surface area contributed by atoms with Crippen LogP contribution < -0.4 is 10.2 Å². The van der Waals surface area contributed by atoms with Crippen LogP contribution in [0.1, 0.15) is 11.1 Å². The minimum absolute atomic E-state index is 0.915.